The van der Waals surface area contributed by atoms with Crippen molar-refractivity contribution in [2.24, 2.45) is 5.73 Å². The van der Waals surface area contributed by atoms with Gasteiger partial charge >= 0.3 is 6.09 Å². The first-order valence-corrected chi connectivity index (χ1v) is 9.76. The van der Waals surface area contributed by atoms with Crippen LogP contribution in [0, 0.1) is 0 Å². The van der Waals surface area contributed by atoms with Gasteiger partial charge in [0.05, 0.1) is 12.1 Å². The van der Waals surface area contributed by atoms with Crippen LogP contribution in [0.3, 0.4) is 0 Å². The lowest BCUT2D eigenvalue weighted by atomic mass is 10.1. The topological polar surface area (TPSA) is 112 Å². The largest absolute Gasteiger partial charge is 0.485 e. The number of anilines is 2. The van der Waals surface area contributed by atoms with E-state index in [1.807, 2.05) is 13.8 Å². The molecule has 1 saturated heterocycles. The number of amides is 2. The lowest BCUT2D eigenvalue weighted by Crippen LogP contribution is -2.39. The summed E-state index contributed by atoms with van der Waals surface area (Å²) in [6.45, 7) is 5.38. The lowest BCUT2D eigenvalue weighted by Gasteiger charge is -2.25. The second-order valence-electron chi connectivity index (χ2n) is 8.24. The first kappa shape index (κ1) is 20.9. The Kier molecular flexibility index (Phi) is 4.98. The van der Waals surface area contributed by atoms with Crippen molar-refractivity contribution < 1.29 is 27.8 Å². The fourth-order valence-electron chi connectivity index (χ4n) is 3.68. The van der Waals surface area contributed by atoms with Crippen LogP contribution in [0.15, 0.2) is 24.4 Å². The smallest absolute Gasteiger partial charge is 0.416 e. The van der Waals surface area contributed by atoms with E-state index in [2.05, 4.69) is 10.3 Å². The highest BCUT2D eigenvalue weighted by Gasteiger charge is 2.42. The predicted molar refractivity (Wildman–Crippen MR) is 108 cm³/mol. The van der Waals surface area contributed by atoms with Crippen LogP contribution in [0.2, 0.25) is 0 Å². The van der Waals surface area contributed by atoms with Gasteiger partial charge in [0, 0.05) is 18.0 Å². The van der Waals surface area contributed by atoms with E-state index in [-0.39, 0.29) is 5.82 Å². The standard InChI is InChI=1S/C20H23F2N5O4/c1-10(17(23)28)24-11-4-5-12-14(6-11)31-20(2,3)9-26-7-15(25-18(12)26)27-13(16(21)22)8-30-19(27)29/h4-7,10,13,16,24H,8-9H2,1-3H3,(H2,23,28)/t10-,13?/m0/s1. The van der Waals surface area contributed by atoms with Crippen LogP contribution in [-0.2, 0) is 16.1 Å². The summed E-state index contributed by atoms with van der Waals surface area (Å²) in [4.78, 5) is 28.8. The Labute approximate surface area is 177 Å². The molecule has 1 aromatic carbocycles. The van der Waals surface area contributed by atoms with Crippen molar-refractivity contribution in [3.05, 3.63) is 24.4 Å². The third-order valence-corrected chi connectivity index (χ3v) is 5.18. The van der Waals surface area contributed by atoms with E-state index in [0.29, 0.717) is 29.4 Å². The Morgan fingerprint density at radius 2 is 2.13 bits per heavy atom. The minimum absolute atomic E-state index is 0.0935. The van der Waals surface area contributed by atoms with E-state index >= 15 is 0 Å². The molecule has 0 aliphatic carbocycles. The molecule has 0 spiro atoms. The third kappa shape index (κ3) is 3.87. The van der Waals surface area contributed by atoms with Gasteiger partial charge in [0.1, 0.15) is 35.9 Å². The van der Waals surface area contributed by atoms with Crippen LogP contribution >= 0.6 is 0 Å². The maximum Gasteiger partial charge on any atom is 0.416 e. The van der Waals surface area contributed by atoms with E-state index in [9.17, 15) is 18.4 Å². The predicted octanol–water partition coefficient (Wildman–Crippen LogP) is 2.60. The number of primary amides is 1. The molecule has 3 N–H and O–H groups in total. The number of nitrogens with one attached hydrogen (secondary N) is 1. The quantitative estimate of drug-likeness (QED) is 0.747. The molecule has 2 aliphatic heterocycles. The second kappa shape index (κ2) is 7.40. The maximum absolute atomic E-state index is 13.4. The molecule has 31 heavy (non-hydrogen) atoms. The number of nitrogens with two attached hydrogens (primary N) is 1. The lowest BCUT2D eigenvalue weighted by molar-refractivity contribution is -0.118. The second-order valence-corrected chi connectivity index (χ2v) is 8.24. The van der Waals surface area contributed by atoms with E-state index in [1.54, 1.807) is 35.9 Å². The molecule has 1 aromatic heterocycles. The highest BCUT2D eigenvalue weighted by molar-refractivity contribution is 5.90. The summed E-state index contributed by atoms with van der Waals surface area (Å²) in [6, 6.07) is 3.25. The van der Waals surface area contributed by atoms with E-state index < -0.39 is 42.7 Å². The number of carbonyl (C=O) groups excluding carboxylic acids is 2. The minimum atomic E-state index is -2.76. The molecular formula is C20H23F2N5O4. The summed E-state index contributed by atoms with van der Waals surface area (Å²) in [5.74, 6) is 0.563. The summed E-state index contributed by atoms with van der Waals surface area (Å²) in [7, 11) is 0. The normalized spacial score (nSPS) is 20.4. The molecule has 9 nitrogen and oxygen atoms in total. The molecule has 1 unspecified atom stereocenters. The molecule has 1 fully saturated rings. The molecule has 3 heterocycles. The number of ether oxygens (including phenoxy) is 2. The van der Waals surface area contributed by atoms with Crippen molar-refractivity contribution >= 4 is 23.5 Å². The number of hydrogen-bond acceptors (Lipinski definition) is 6. The number of halogens is 2. The number of aromatic nitrogens is 2. The molecule has 2 atom stereocenters. The molecule has 166 valence electrons. The third-order valence-electron chi connectivity index (χ3n) is 5.18. The van der Waals surface area contributed by atoms with Crippen molar-refractivity contribution in [2.45, 2.75) is 51.4 Å². The van der Waals surface area contributed by atoms with Gasteiger partial charge in [-0.25, -0.2) is 23.5 Å². The van der Waals surface area contributed by atoms with Crippen LogP contribution < -0.4 is 20.7 Å². The highest BCUT2D eigenvalue weighted by atomic mass is 19.3. The van der Waals surface area contributed by atoms with E-state index in [4.69, 9.17) is 15.2 Å². The van der Waals surface area contributed by atoms with Gasteiger partial charge in [-0.05, 0) is 32.9 Å². The highest BCUT2D eigenvalue weighted by Crippen LogP contribution is 2.40. The average molecular weight is 435 g/mol. The number of hydrogen-bond donors (Lipinski definition) is 2. The number of rotatable bonds is 5. The summed E-state index contributed by atoms with van der Waals surface area (Å²) < 4.78 is 39.6. The monoisotopic (exact) mass is 435 g/mol. The van der Waals surface area contributed by atoms with Gasteiger partial charge in [-0.15, -0.1) is 0 Å². The van der Waals surface area contributed by atoms with Gasteiger partial charge in [0.2, 0.25) is 5.91 Å². The Morgan fingerprint density at radius 3 is 2.81 bits per heavy atom. The molecule has 4 rings (SSSR count). The fraction of sp³-hybridized carbons (Fsp3) is 0.450. The molecule has 0 radical (unpaired) electrons. The molecule has 2 aromatic rings. The Hall–Kier alpha value is -3.37. The van der Waals surface area contributed by atoms with Crippen molar-refractivity contribution in [3.8, 4) is 17.1 Å². The summed E-state index contributed by atoms with van der Waals surface area (Å²) in [6.07, 6.45) is -2.06. The van der Waals surface area contributed by atoms with Crippen molar-refractivity contribution in [1.82, 2.24) is 9.55 Å². The number of fused-ring (bicyclic) bond motifs is 3. The Balaban J connectivity index is 1.76. The molecule has 11 heteroatoms. The zero-order chi connectivity index (χ0) is 22.5. The summed E-state index contributed by atoms with van der Waals surface area (Å²) >= 11 is 0. The number of imidazole rings is 1. The Bertz CT molecular complexity index is 1040. The first-order chi connectivity index (χ1) is 14.6. The van der Waals surface area contributed by atoms with Crippen LogP contribution in [-0.4, -0.2) is 52.3 Å². The van der Waals surface area contributed by atoms with Gasteiger partial charge in [0.15, 0.2) is 5.82 Å². The van der Waals surface area contributed by atoms with Crippen molar-refractivity contribution in [3.63, 3.8) is 0 Å². The average Bonchev–Trinajstić information content (AvgIpc) is 3.21. The number of alkyl halides is 2. The van der Waals surface area contributed by atoms with Crippen LogP contribution in [0.1, 0.15) is 20.8 Å². The van der Waals surface area contributed by atoms with Crippen molar-refractivity contribution in [2.75, 3.05) is 16.8 Å². The van der Waals surface area contributed by atoms with Crippen molar-refractivity contribution in [1.29, 1.82) is 0 Å². The Morgan fingerprint density at radius 1 is 1.39 bits per heavy atom. The summed E-state index contributed by atoms with van der Waals surface area (Å²) in [5.41, 5.74) is 5.90. The number of cyclic esters (lactones) is 1. The molecule has 2 amide bonds. The molecule has 0 bridgehead atoms. The number of benzene rings is 1. The molecular weight excluding hydrogens is 412 g/mol. The van der Waals surface area contributed by atoms with E-state index in [1.165, 1.54) is 0 Å². The maximum atomic E-state index is 13.4. The van der Waals surface area contributed by atoms with Crippen LogP contribution in [0.25, 0.3) is 11.4 Å². The van der Waals surface area contributed by atoms with Gasteiger partial charge in [0.25, 0.3) is 6.43 Å². The van der Waals surface area contributed by atoms with Gasteiger partial charge in [-0.1, -0.05) is 0 Å². The van der Waals surface area contributed by atoms with Gasteiger partial charge in [-0.2, -0.15) is 0 Å². The SMILES string of the molecule is C[C@H](Nc1ccc2c(c1)OC(C)(C)Cn1cc(N3C(=O)OCC3C(F)F)nc1-2)C(N)=O. The number of nitrogens with zero attached hydrogens (tertiary/aromatic N) is 3. The molecule has 2 aliphatic rings. The van der Waals surface area contributed by atoms with Gasteiger partial charge < -0.3 is 25.1 Å². The van der Waals surface area contributed by atoms with E-state index in [0.717, 1.165) is 4.90 Å². The number of carbonyl (C=O) groups is 2. The minimum Gasteiger partial charge on any atom is -0.485 e. The zero-order valence-electron chi connectivity index (χ0n) is 17.3. The first-order valence-electron chi connectivity index (χ1n) is 9.76. The zero-order valence-corrected chi connectivity index (χ0v) is 17.3. The summed E-state index contributed by atoms with van der Waals surface area (Å²) in [5, 5.41) is 3.00. The molecule has 0 saturated carbocycles. The van der Waals surface area contributed by atoms with Crippen LogP contribution in [0.5, 0.6) is 5.75 Å². The fourth-order valence-corrected chi connectivity index (χ4v) is 3.68. The van der Waals surface area contributed by atoms with Crippen LogP contribution in [0.4, 0.5) is 25.1 Å². The van der Waals surface area contributed by atoms with Gasteiger partial charge in [-0.3, -0.25) is 4.79 Å².